The lowest BCUT2D eigenvalue weighted by Gasteiger charge is -2.28. The van der Waals surface area contributed by atoms with E-state index >= 15 is 0 Å². The van der Waals surface area contributed by atoms with Crippen LogP contribution >= 0.6 is 31.9 Å². The number of benzene rings is 1. The Morgan fingerprint density at radius 1 is 1.35 bits per heavy atom. The molecule has 2 unspecified atom stereocenters. The summed E-state index contributed by atoms with van der Waals surface area (Å²) in [5.74, 6) is -0.0255. The molecular formula is C11H14Br2O3S. The molecule has 0 radical (unpaired) electrons. The van der Waals surface area contributed by atoms with Gasteiger partial charge in [0.25, 0.3) is 0 Å². The zero-order valence-electron chi connectivity index (χ0n) is 9.52. The van der Waals surface area contributed by atoms with Gasteiger partial charge in [-0.15, -0.1) is 0 Å². The first-order valence-electron chi connectivity index (χ1n) is 5.07. The molecule has 0 fully saturated rings. The predicted octanol–water partition coefficient (Wildman–Crippen LogP) is 3.03. The first-order chi connectivity index (χ1) is 7.72. The molecule has 0 aliphatic carbocycles. The molecule has 0 spiro atoms. The van der Waals surface area contributed by atoms with Gasteiger partial charge in [-0.25, -0.2) is 8.42 Å². The summed E-state index contributed by atoms with van der Waals surface area (Å²) >= 11 is 6.42. The van der Waals surface area contributed by atoms with E-state index in [4.69, 9.17) is 0 Å². The molecule has 3 nitrogen and oxygen atoms in total. The third-order valence-electron chi connectivity index (χ3n) is 2.66. The Morgan fingerprint density at radius 2 is 1.82 bits per heavy atom. The van der Waals surface area contributed by atoms with Crippen LogP contribution in [0, 0.1) is 0 Å². The van der Waals surface area contributed by atoms with Gasteiger partial charge in [0, 0.05) is 10.2 Å². The van der Waals surface area contributed by atoms with Crippen molar-refractivity contribution in [1.82, 2.24) is 0 Å². The number of hydrogen-bond acceptors (Lipinski definition) is 3. The molecule has 96 valence electrons. The van der Waals surface area contributed by atoms with Crippen LogP contribution in [0.3, 0.4) is 0 Å². The van der Waals surface area contributed by atoms with Crippen LogP contribution < -0.4 is 0 Å². The van der Waals surface area contributed by atoms with Gasteiger partial charge >= 0.3 is 0 Å². The highest BCUT2D eigenvalue weighted by Gasteiger charge is 2.42. The van der Waals surface area contributed by atoms with Crippen LogP contribution in [0.4, 0.5) is 0 Å². The van der Waals surface area contributed by atoms with Gasteiger partial charge < -0.3 is 5.11 Å². The Bertz CT molecular complexity index is 480. The Kier molecular flexibility index (Phi) is 4.80. The van der Waals surface area contributed by atoms with Crippen molar-refractivity contribution in [2.45, 2.75) is 23.6 Å². The molecule has 17 heavy (non-hydrogen) atoms. The van der Waals surface area contributed by atoms with E-state index in [2.05, 4.69) is 31.9 Å². The van der Waals surface area contributed by atoms with Crippen LogP contribution in [0.2, 0.25) is 0 Å². The van der Waals surface area contributed by atoms with Crippen LogP contribution in [0.25, 0.3) is 0 Å². The molecule has 0 aromatic heterocycles. The fourth-order valence-electron chi connectivity index (χ4n) is 1.40. The molecule has 1 aromatic carbocycles. The summed E-state index contributed by atoms with van der Waals surface area (Å²) in [5, 5.41) is 10.2. The summed E-state index contributed by atoms with van der Waals surface area (Å²) < 4.78 is 23.3. The van der Waals surface area contributed by atoms with Gasteiger partial charge in [0.2, 0.25) is 0 Å². The van der Waals surface area contributed by atoms with E-state index in [0.29, 0.717) is 5.56 Å². The zero-order valence-corrected chi connectivity index (χ0v) is 13.5. The van der Waals surface area contributed by atoms with E-state index in [1.54, 1.807) is 31.2 Å². The Hall–Kier alpha value is 0.0900. The highest BCUT2D eigenvalue weighted by molar-refractivity contribution is 9.11. The summed E-state index contributed by atoms with van der Waals surface area (Å²) in [6.07, 6.45) is -1.11. The van der Waals surface area contributed by atoms with Gasteiger partial charge in [0.05, 0.1) is 0 Å². The smallest absolute Gasteiger partial charge is 0.168 e. The molecule has 0 heterocycles. The van der Waals surface area contributed by atoms with Crippen molar-refractivity contribution >= 4 is 41.7 Å². The van der Waals surface area contributed by atoms with Crippen molar-refractivity contribution in [3.05, 3.63) is 34.3 Å². The minimum absolute atomic E-state index is 0.0255. The van der Waals surface area contributed by atoms with Gasteiger partial charge in [-0.05, 0) is 24.6 Å². The molecule has 2 atom stereocenters. The van der Waals surface area contributed by atoms with Gasteiger partial charge in [-0.1, -0.05) is 50.9 Å². The summed E-state index contributed by atoms with van der Waals surface area (Å²) in [6, 6.07) is 6.92. The SMILES string of the molecule is CCS(=O)(=O)C(C)(Br)C(O)c1ccc(Br)cc1. The lowest BCUT2D eigenvalue weighted by atomic mass is 10.1. The van der Waals surface area contributed by atoms with E-state index in [0.717, 1.165) is 4.47 Å². The number of sulfone groups is 1. The van der Waals surface area contributed by atoms with Crippen LogP contribution in [0.1, 0.15) is 25.5 Å². The van der Waals surface area contributed by atoms with Gasteiger partial charge in [-0.3, -0.25) is 0 Å². The number of rotatable bonds is 4. The standard InChI is InChI=1S/C11H14Br2O3S/c1-3-17(15,16)11(2,13)10(14)8-4-6-9(12)7-5-8/h4-7,10,14H,3H2,1-2H3. The highest BCUT2D eigenvalue weighted by atomic mass is 79.9. The molecule has 1 aromatic rings. The van der Waals surface area contributed by atoms with E-state index in [9.17, 15) is 13.5 Å². The molecule has 0 saturated heterocycles. The number of aliphatic hydroxyl groups excluding tert-OH is 1. The topological polar surface area (TPSA) is 54.4 Å². The van der Waals surface area contributed by atoms with Crippen LogP contribution in [-0.2, 0) is 9.84 Å². The van der Waals surface area contributed by atoms with E-state index in [1.807, 2.05) is 0 Å². The first-order valence-corrected chi connectivity index (χ1v) is 8.31. The van der Waals surface area contributed by atoms with Crippen molar-refractivity contribution in [2.75, 3.05) is 5.75 Å². The Balaban J connectivity index is 3.12. The first kappa shape index (κ1) is 15.1. The maximum Gasteiger partial charge on any atom is 0.168 e. The molecule has 0 amide bonds. The maximum atomic E-state index is 11.9. The largest absolute Gasteiger partial charge is 0.386 e. The summed E-state index contributed by atoms with van der Waals surface area (Å²) in [6.45, 7) is 3.03. The fraction of sp³-hybridized carbons (Fsp3) is 0.455. The van der Waals surface area contributed by atoms with Gasteiger partial charge in [-0.2, -0.15) is 0 Å². The second-order valence-corrected chi connectivity index (χ2v) is 9.59. The lowest BCUT2D eigenvalue weighted by molar-refractivity contribution is 0.167. The maximum absolute atomic E-state index is 11.9. The molecule has 0 bridgehead atoms. The number of aliphatic hydroxyl groups is 1. The number of alkyl halides is 1. The monoisotopic (exact) mass is 384 g/mol. The van der Waals surface area contributed by atoms with Crippen molar-refractivity contribution < 1.29 is 13.5 Å². The lowest BCUT2D eigenvalue weighted by Crippen LogP contribution is -2.36. The summed E-state index contributed by atoms with van der Waals surface area (Å²) in [5.41, 5.74) is 0.560. The van der Waals surface area contributed by atoms with Crippen molar-refractivity contribution in [2.24, 2.45) is 0 Å². The van der Waals surface area contributed by atoms with Crippen LogP contribution in [-0.4, -0.2) is 22.9 Å². The average molecular weight is 386 g/mol. The van der Waals surface area contributed by atoms with Crippen LogP contribution in [0.5, 0.6) is 0 Å². The number of hydrogen-bond donors (Lipinski definition) is 1. The summed E-state index contributed by atoms with van der Waals surface area (Å²) in [4.78, 5) is 0. The predicted molar refractivity (Wildman–Crippen MR) is 75.9 cm³/mol. The quantitative estimate of drug-likeness (QED) is 0.810. The van der Waals surface area contributed by atoms with E-state index < -0.39 is 19.6 Å². The summed E-state index contributed by atoms with van der Waals surface area (Å²) in [7, 11) is -3.40. The minimum atomic E-state index is -3.40. The van der Waals surface area contributed by atoms with Gasteiger partial charge in [0.15, 0.2) is 13.5 Å². The minimum Gasteiger partial charge on any atom is -0.386 e. The third kappa shape index (κ3) is 3.10. The molecule has 1 N–H and O–H groups in total. The van der Waals surface area contributed by atoms with E-state index in [1.165, 1.54) is 6.92 Å². The second kappa shape index (κ2) is 5.38. The second-order valence-electron chi connectivity index (χ2n) is 3.84. The van der Waals surface area contributed by atoms with E-state index in [-0.39, 0.29) is 5.75 Å². The van der Waals surface area contributed by atoms with Crippen LogP contribution in [0.15, 0.2) is 28.7 Å². The van der Waals surface area contributed by atoms with Crippen molar-refractivity contribution in [3.8, 4) is 0 Å². The average Bonchev–Trinajstić information content (AvgIpc) is 2.28. The van der Waals surface area contributed by atoms with Gasteiger partial charge in [0.1, 0.15) is 6.10 Å². The Morgan fingerprint density at radius 3 is 2.24 bits per heavy atom. The fourth-order valence-corrected chi connectivity index (χ4v) is 3.65. The number of halogens is 2. The normalized spacial score (nSPS) is 17.5. The molecular weight excluding hydrogens is 372 g/mol. The van der Waals surface area contributed by atoms with Crippen molar-refractivity contribution in [3.63, 3.8) is 0 Å². The molecule has 0 aliphatic rings. The molecule has 6 heteroatoms. The molecule has 1 rings (SSSR count). The Labute approximate surface area is 118 Å². The highest BCUT2D eigenvalue weighted by Crippen LogP contribution is 2.39. The van der Waals surface area contributed by atoms with Crippen molar-refractivity contribution in [1.29, 1.82) is 0 Å². The zero-order chi connectivity index (χ0) is 13.3. The molecule has 0 aliphatic heterocycles. The third-order valence-corrected chi connectivity index (χ3v) is 7.30. The molecule has 0 saturated carbocycles.